The number of urea groups is 2. The number of aromatic nitrogens is 2. The van der Waals surface area contributed by atoms with Gasteiger partial charge in [-0.15, -0.1) is 22.7 Å². The Bertz CT molecular complexity index is 1650. The van der Waals surface area contributed by atoms with Crippen molar-refractivity contribution < 1.29 is 14.1 Å². The lowest BCUT2D eigenvalue weighted by Gasteiger charge is -2.34. The Hall–Kier alpha value is -4.26. The van der Waals surface area contributed by atoms with Crippen LogP contribution in [0.15, 0.2) is 75.9 Å². The first-order valence-corrected chi connectivity index (χ1v) is 14.0. The number of carbonyl (C=O) groups is 2. The molecule has 0 spiro atoms. The summed E-state index contributed by atoms with van der Waals surface area (Å²) >= 11 is 4.37. The summed E-state index contributed by atoms with van der Waals surface area (Å²) in [6, 6.07) is 17.5. The molecular weight excluding hydrogens is 541 g/mol. The highest BCUT2D eigenvalue weighted by atomic mass is 32.1. The van der Waals surface area contributed by atoms with Crippen LogP contribution >= 0.6 is 34.2 Å². The molecule has 0 radical (unpaired) electrons. The molecule has 0 bridgehead atoms. The summed E-state index contributed by atoms with van der Waals surface area (Å²) in [4.78, 5) is 27.8. The lowest BCUT2D eigenvalue weighted by Crippen LogP contribution is -2.53. The first-order chi connectivity index (χ1) is 18.4. The predicted octanol–water partition coefficient (Wildman–Crippen LogP) is 7.87. The van der Waals surface area contributed by atoms with Gasteiger partial charge < -0.3 is 4.52 Å². The number of hydrogen-bond donors (Lipinski definition) is 2. The molecule has 12 heteroatoms. The second kappa shape index (κ2) is 9.89. The van der Waals surface area contributed by atoms with Gasteiger partial charge in [-0.3, -0.25) is 10.6 Å². The van der Waals surface area contributed by atoms with Crippen LogP contribution in [0.4, 0.5) is 31.8 Å². The molecule has 4 heterocycles. The van der Waals surface area contributed by atoms with Crippen molar-refractivity contribution in [2.75, 3.05) is 20.7 Å². The van der Waals surface area contributed by atoms with Gasteiger partial charge in [0, 0.05) is 15.5 Å². The van der Waals surface area contributed by atoms with Crippen molar-refractivity contribution >= 4 is 88.7 Å². The Morgan fingerprint density at radius 2 is 1.37 bits per heavy atom. The van der Waals surface area contributed by atoms with Crippen molar-refractivity contribution in [1.82, 2.24) is 9.53 Å². The predicted molar refractivity (Wildman–Crippen MR) is 155 cm³/mol. The number of nitrogens with one attached hydrogen (secondary N) is 2. The van der Waals surface area contributed by atoms with Gasteiger partial charge in [-0.1, -0.05) is 5.16 Å². The average molecular weight is 561 g/mol. The summed E-state index contributed by atoms with van der Waals surface area (Å²) in [6.07, 6.45) is 0. The third kappa shape index (κ3) is 4.72. The fourth-order valence-corrected chi connectivity index (χ4v) is 6.17. The molecule has 0 aliphatic rings. The van der Waals surface area contributed by atoms with Crippen molar-refractivity contribution in [3.05, 3.63) is 82.8 Å². The highest BCUT2D eigenvalue weighted by Crippen LogP contribution is 2.33. The molecule has 6 rings (SSSR count). The van der Waals surface area contributed by atoms with Gasteiger partial charge in [-0.2, -0.15) is 14.4 Å². The number of rotatable bonds is 4. The first kappa shape index (κ1) is 24.1. The zero-order valence-electron chi connectivity index (χ0n) is 20.2. The van der Waals surface area contributed by atoms with Crippen molar-refractivity contribution in [3.8, 4) is 0 Å². The highest BCUT2D eigenvalue weighted by molar-refractivity contribution is 7.17. The Morgan fingerprint density at radius 3 is 1.89 bits per heavy atom. The molecule has 4 aromatic heterocycles. The van der Waals surface area contributed by atoms with E-state index in [0.29, 0.717) is 22.1 Å². The highest BCUT2D eigenvalue weighted by Gasteiger charge is 2.31. The normalized spacial score (nSPS) is 11.1. The number of carbonyl (C=O) groups excluding carboxylic acids is 2. The molecule has 190 valence electrons. The van der Waals surface area contributed by atoms with Gasteiger partial charge in [0.15, 0.2) is 0 Å². The van der Waals surface area contributed by atoms with Crippen LogP contribution in [0.2, 0.25) is 0 Å². The Labute approximate surface area is 229 Å². The molecule has 38 heavy (non-hydrogen) atoms. The number of nitrogens with zero attached hydrogens (tertiary/aromatic N) is 4. The minimum Gasteiger partial charge on any atom is -0.338 e. The van der Waals surface area contributed by atoms with E-state index in [2.05, 4.69) is 20.2 Å². The summed E-state index contributed by atoms with van der Waals surface area (Å²) in [5, 5.41) is 18.6. The van der Waals surface area contributed by atoms with E-state index < -0.39 is 12.1 Å². The quantitative estimate of drug-likeness (QED) is 0.214. The van der Waals surface area contributed by atoms with E-state index in [1.807, 2.05) is 66.2 Å². The Balaban J connectivity index is 1.49. The van der Waals surface area contributed by atoms with Crippen LogP contribution in [0.5, 0.6) is 0 Å². The maximum Gasteiger partial charge on any atom is 0.348 e. The van der Waals surface area contributed by atoms with Gasteiger partial charge in [0.25, 0.3) is 0 Å². The summed E-state index contributed by atoms with van der Waals surface area (Å²) in [6.45, 7) is 3.61. The number of fused-ring (bicyclic) bond motifs is 2. The third-order valence-electron chi connectivity index (χ3n) is 5.66. The minimum absolute atomic E-state index is 0.167. The molecule has 0 atom stereocenters. The maximum absolute atomic E-state index is 13.9. The first-order valence-electron chi connectivity index (χ1n) is 11.5. The smallest absolute Gasteiger partial charge is 0.338 e. The Morgan fingerprint density at radius 1 is 0.763 bits per heavy atom. The number of benzene rings is 2. The summed E-state index contributed by atoms with van der Waals surface area (Å²) in [7, 11) is 0. The van der Waals surface area contributed by atoms with Crippen molar-refractivity contribution in [2.24, 2.45) is 0 Å². The zero-order valence-corrected chi connectivity index (χ0v) is 22.6. The van der Waals surface area contributed by atoms with Gasteiger partial charge in [-0.05, 0) is 102 Å². The van der Waals surface area contributed by atoms with E-state index in [0.717, 1.165) is 25.9 Å². The molecule has 0 saturated heterocycles. The zero-order chi connectivity index (χ0) is 26.2. The van der Waals surface area contributed by atoms with E-state index >= 15 is 0 Å². The molecule has 6 aromatic rings. The number of amides is 4. The fraction of sp³-hybridized carbons (Fsp3) is 0.0769. The van der Waals surface area contributed by atoms with Crippen molar-refractivity contribution in [1.29, 1.82) is 0 Å². The molecular formula is C26H20N6O3S3. The van der Waals surface area contributed by atoms with Crippen LogP contribution in [0.25, 0.3) is 20.2 Å². The molecule has 4 amide bonds. The Kier molecular flexibility index (Phi) is 6.27. The van der Waals surface area contributed by atoms with E-state index in [1.54, 1.807) is 41.7 Å². The topological polar surface area (TPSA) is 104 Å². The van der Waals surface area contributed by atoms with Crippen LogP contribution in [-0.4, -0.2) is 21.6 Å². The second-order valence-corrected chi connectivity index (χ2v) is 11.1. The number of hydrazine groups is 1. The van der Waals surface area contributed by atoms with Gasteiger partial charge in [0.2, 0.25) is 5.88 Å². The molecule has 2 N–H and O–H groups in total. The lowest BCUT2D eigenvalue weighted by atomic mass is 10.2. The van der Waals surface area contributed by atoms with E-state index in [4.69, 9.17) is 4.52 Å². The molecule has 2 aromatic carbocycles. The van der Waals surface area contributed by atoms with E-state index in [-0.39, 0.29) is 5.88 Å². The number of anilines is 4. The lowest BCUT2D eigenvalue weighted by molar-refractivity contribution is 0.248. The number of aryl methyl sites for hydroxylation is 2. The molecule has 0 fully saturated rings. The maximum atomic E-state index is 13.9. The number of thiophene rings is 2. The third-order valence-corrected chi connectivity index (χ3v) is 8.25. The molecule has 9 nitrogen and oxygen atoms in total. The molecule has 0 aliphatic heterocycles. The van der Waals surface area contributed by atoms with Crippen LogP contribution in [0, 0.1) is 13.8 Å². The number of hydrogen-bond acceptors (Lipinski definition) is 8. The van der Waals surface area contributed by atoms with E-state index in [9.17, 15) is 9.59 Å². The van der Waals surface area contributed by atoms with Gasteiger partial charge in [-0.25, -0.2) is 9.59 Å². The summed E-state index contributed by atoms with van der Waals surface area (Å²) in [5.74, 6) is 0.167. The minimum atomic E-state index is -0.600. The largest absolute Gasteiger partial charge is 0.348 e. The molecule has 0 unspecified atom stereocenters. The van der Waals surface area contributed by atoms with Gasteiger partial charge >= 0.3 is 12.1 Å². The fourth-order valence-electron chi connectivity index (χ4n) is 3.98. The SMILES string of the molecule is Cc1cc(NC(=O)N(c2ccc3sccc3c2)N(C(=O)Nc2cc(C)ns2)c2ccc3sccc3c2)on1. The molecule has 0 aliphatic carbocycles. The summed E-state index contributed by atoms with van der Waals surface area (Å²) < 4.78 is 11.6. The molecule has 0 saturated carbocycles. The van der Waals surface area contributed by atoms with E-state index in [1.165, 1.54) is 21.6 Å². The van der Waals surface area contributed by atoms with Crippen LogP contribution in [0.3, 0.4) is 0 Å². The van der Waals surface area contributed by atoms with Crippen LogP contribution in [0.1, 0.15) is 11.4 Å². The van der Waals surface area contributed by atoms with Crippen molar-refractivity contribution in [2.45, 2.75) is 13.8 Å². The van der Waals surface area contributed by atoms with Gasteiger partial charge in [0.05, 0.1) is 22.8 Å². The van der Waals surface area contributed by atoms with Crippen LogP contribution < -0.4 is 20.7 Å². The van der Waals surface area contributed by atoms with Crippen molar-refractivity contribution in [3.63, 3.8) is 0 Å². The average Bonchev–Trinajstić information content (AvgIpc) is 3.70. The van der Waals surface area contributed by atoms with Gasteiger partial charge in [0.1, 0.15) is 5.00 Å². The second-order valence-electron chi connectivity index (χ2n) is 8.43. The standard InChI is InChI=1S/C26H20N6O3S3/c1-15-11-23(35-29-15)27-25(33)31(19-3-5-21-17(13-19)7-9-36-21)32(26(34)28-24-12-16(2)30-38-24)20-4-6-22-18(14-20)8-10-37-22/h3-14H,1-2H3,(H,27,33)(H,28,34). The summed E-state index contributed by atoms with van der Waals surface area (Å²) in [5.41, 5.74) is 2.40. The monoisotopic (exact) mass is 560 g/mol. The van der Waals surface area contributed by atoms with Crippen LogP contribution in [-0.2, 0) is 0 Å².